The minimum atomic E-state index is -1.96. The first kappa shape index (κ1) is 30.1. The van der Waals surface area contributed by atoms with Crippen LogP contribution in [0.5, 0.6) is 0 Å². The molecule has 0 radical (unpaired) electrons. The smallest absolute Gasteiger partial charge is 0.117 e. The van der Waals surface area contributed by atoms with Crippen molar-refractivity contribution >= 4 is 57.1 Å². The van der Waals surface area contributed by atoms with Crippen molar-refractivity contribution in [1.29, 1.82) is 0 Å². The molecule has 0 saturated heterocycles. The van der Waals surface area contributed by atoms with Crippen LogP contribution in [0.3, 0.4) is 0 Å². The van der Waals surface area contributed by atoms with E-state index in [0.29, 0.717) is 0 Å². The Balaban J connectivity index is 1.38. The molecule has 1 heterocycles. The molecule has 51 heavy (non-hydrogen) atoms. The molecule has 8 aromatic rings. The Bertz CT molecular complexity index is 2650. The molecule has 0 aromatic heterocycles. The lowest BCUT2D eigenvalue weighted by atomic mass is 9.81. The Hall–Kier alpha value is -5.70. The van der Waals surface area contributed by atoms with Gasteiger partial charge < -0.3 is 4.90 Å². The van der Waals surface area contributed by atoms with Gasteiger partial charge >= 0.3 is 0 Å². The molecule has 1 aliphatic heterocycles. The normalized spacial score (nSPS) is 14.9. The molecule has 0 spiro atoms. The van der Waals surface area contributed by atoms with Crippen molar-refractivity contribution in [2.24, 2.45) is 0 Å². The Morgan fingerprint density at radius 2 is 1.00 bits per heavy atom. The highest BCUT2D eigenvalue weighted by Crippen LogP contribution is 2.55. The summed E-state index contributed by atoms with van der Waals surface area (Å²) in [5, 5.41) is 8.03. The molecular weight excluding hydrogens is 631 g/mol. The predicted molar refractivity (Wildman–Crippen MR) is 221 cm³/mol. The average Bonchev–Trinajstić information content (AvgIpc) is 3.41. The van der Waals surface area contributed by atoms with Gasteiger partial charge in [-0.1, -0.05) is 173 Å². The zero-order valence-corrected chi connectivity index (χ0v) is 30.5. The van der Waals surface area contributed by atoms with Crippen molar-refractivity contribution in [3.63, 3.8) is 0 Å². The van der Waals surface area contributed by atoms with Gasteiger partial charge in [0.2, 0.25) is 0 Å². The van der Waals surface area contributed by atoms with Crippen molar-refractivity contribution in [2.75, 3.05) is 4.90 Å². The van der Waals surface area contributed by atoms with E-state index in [1.54, 1.807) is 0 Å². The summed E-state index contributed by atoms with van der Waals surface area (Å²) in [6.45, 7) is 9.76. The van der Waals surface area contributed by atoms with Crippen LogP contribution in [0, 0.1) is 0 Å². The van der Waals surface area contributed by atoms with Crippen LogP contribution >= 0.6 is 0 Å². The maximum Gasteiger partial charge on any atom is 0.117 e. The number of anilines is 3. The molecule has 2 aliphatic rings. The molecule has 0 amide bonds. The number of hydrogen-bond acceptors (Lipinski definition) is 1. The molecule has 1 aliphatic carbocycles. The topological polar surface area (TPSA) is 3.24 Å². The summed E-state index contributed by atoms with van der Waals surface area (Å²) in [4.78, 5) is 2.59. The molecule has 244 valence electrons. The molecule has 0 N–H and O–H groups in total. The molecule has 0 atom stereocenters. The second kappa shape index (κ2) is 10.9. The molecule has 0 saturated carbocycles. The number of rotatable bonds is 3. The first-order valence-electron chi connectivity index (χ1n) is 18.1. The van der Waals surface area contributed by atoms with Gasteiger partial charge in [-0.15, -0.1) is 0 Å². The highest BCUT2D eigenvalue weighted by molar-refractivity contribution is 7.02. The lowest BCUT2D eigenvalue weighted by Crippen LogP contribution is -2.58. The van der Waals surface area contributed by atoms with E-state index < -0.39 is 8.07 Å². The Morgan fingerprint density at radius 3 is 1.75 bits per heavy atom. The second-order valence-corrected chi connectivity index (χ2v) is 19.6. The maximum atomic E-state index is 2.59. The number of hydrogen-bond donors (Lipinski definition) is 0. The van der Waals surface area contributed by atoms with Gasteiger partial charge in [-0.25, -0.2) is 0 Å². The molecule has 0 bridgehead atoms. The standard InChI is InChI=1S/C49H39NSi/c1-49(2)40-23-11-10-21-37(40)47-38(22-16-24-41(47)49)46-34-19-8-9-20-35(34)48(36-30-29-33(31-39(36)46)32-17-6-5-7-18-32)50-42-25-12-14-27-44(42)51(3,4)45-28-15-13-26-43(45)50/h5-31H,1-4H3. The van der Waals surface area contributed by atoms with E-state index in [9.17, 15) is 0 Å². The predicted octanol–water partition coefficient (Wildman–Crippen LogP) is 12.2. The van der Waals surface area contributed by atoms with E-state index in [-0.39, 0.29) is 5.41 Å². The van der Waals surface area contributed by atoms with Crippen LogP contribution in [0.1, 0.15) is 25.0 Å². The fraction of sp³-hybridized carbons (Fsp3) is 0.102. The first-order chi connectivity index (χ1) is 24.9. The second-order valence-electron chi connectivity index (χ2n) is 15.3. The highest BCUT2D eigenvalue weighted by Gasteiger charge is 2.40. The third kappa shape index (κ3) is 4.20. The Morgan fingerprint density at radius 1 is 0.431 bits per heavy atom. The third-order valence-electron chi connectivity index (χ3n) is 11.8. The minimum absolute atomic E-state index is 0.0827. The summed E-state index contributed by atoms with van der Waals surface area (Å²) < 4.78 is 0. The van der Waals surface area contributed by atoms with Crippen LogP contribution in [-0.2, 0) is 5.41 Å². The van der Waals surface area contributed by atoms with Crippen LogP contribution in [-0.4, -0.2) is 8.07 Å². The Kier molecular flexibility index (Phi) is 6.44. The summed E-state index contributed by atoms with van der Waals surface area (Å²) in [7, 11) is -1.96. The van der Waals surface area contributed by atoms with Crippen LogP contribution in [0.25, 0.3) is 54.9 Å². The van der Waals surface area contributed by atoms with Crippen molar-refractivity contribution in [1.82, 2.24) is 0 Å². The fourth-order valence-electron chi connectivity index (χ4n) is 9.37. The van der Waals surface area contributed by atoms with E-state index in [0.717, 1.165) is 0 Å². The fourth-order valence-corrected chi connectivity index (χ4v) is 12.4. The van der Waals surface area contributed by atoms with E-state index in [1.165, 1.54) is 93.5 Å². The summed E-state index contributed by atoms with van der Waals surface area (Å²) >= 11 is 0. The SMILES string of the molecule is CC1(C)c2ccccc2-c2c(-c3c4ccccc4c(N4c5ccccc5[Si](C)(C)c5ccccc54)c4ccc(-c5ccccc5)cc34)cccc21. The number of benzene rings is 8. The van der Waals surface area contributed by atoms with Gasteiger partial charge in [0, 0.05) is 27.6 Å². The van der Waals surface area contributed by atoms with Crippen LogP contribution in [0.15, 0.2) is 164 Å². The van der Waals surface area contributed by atoms with Gasteiger partial charge in [-0.05, 0) is 83.9 Å². The summed E-state index contributed by atoms with van der Waals surface area (Å²) in [6.07, 6.45) is 0. The molecular formula is C49H39NSi. The van der Waals surface area contributed by atoms with Crippen molar-refractivity contribution in [3.8, 4) is 33.4 Å². The lowest BCUT2D eigenvalue weighted by Gasteiger charge is -2.42. The summed E-state index contributed by atoms with van der Waals surface area (Å²) in [5.74, 6) is 0. The van der Waals surface area contributed by atoms with Gasteiger partial charge in [0.1, 0.15) is 8.07 Å². The maximum absolute atomic E-state index is 2.59. The average molecular weight is 670 g/mol. The van der Waals surface area contributed by atoms with Crippen molar-refractivity contribution < 1.29 is 0 Å². The van der Waals surface area contributed by atoms with Gasteiger partial charge in [0.05, 0.1) is 5.69 Å². The molecule has 1 nitrogen and oxygen atoms in total. The third-order valence-corrected chi connectivity index (χ3v) is 15.4. The van der Waals surface area contributed by atoms with E-state index in [2.05, 4.69) is 196 Å². The lowest BCUT2D eigenvalue weighted by molar-refractivity contribution is 0.660. The minimum Gasteiger partial charge on any atom is -0.309 e. The zero-order valence-electron chi connectivity index (χ0n) is 29.5. The van der Waals surface area contributed by atoms with Gasteiger partial charge in [-0.2, -0.15) is 0 Å². The zero-order chi connectivity index (χ0) is 34.5. The first-order valence-corrected chi connectivity index (χ1v) is 21.1. The molecule has 8 aromatic carbocycles. The largest absolute Gasteiger partial charge is 0.309 e. The molecule has 0 unspecified atom stereocenters. The highest BCUT2D eigenvalue weighted by atomic mass is 28.3. The molecule has 2 heteroatoms. The van der Waals surface area contributed by atoms with Crippen LogP contribution in [0.4, 0.5) is 17.1 Å². The number of fused-ring (bicyclic) bond motifs is 7. The molecule has 0 fully saturated rings. The quantitative estimate of drug-likeness (QED) is 0.134. The van der Waals surface area contributed by atoms with Crippen molar-refractivity contribution in [2.45, 2.75) is 32.4 Å². The molecule has 10 rings (SSSR count). The van der Waals surface area contributed by atoms with Crippen molar-refractivity contribution in [3.05, 3.63) is 175 Å². The Labute approximate surface area is 301 Å². The van der Waals surface area contributed by atoms with Gasteiger partial charge in [-0.3, -0.25) is 0 Å². The number of nitrogens with zero attached hydrogens (tertiary/aromatic N) is 1. The monoisotopic (exact) mass is 669 g/mol. The van der Waals surface area contributed by atoms with E-state index in [1.807, 2.05) is 0 Å². The summed E-state index contributed by atoms with van der Waals surface area (Å²) in [5.41, 5.74) is 14.3. The van der Waals surface area contributed by atoms with E-state index in [4.69, 9.17) is 0 Å². The summed E-state index contributed by atoms with van der Waals surface area (Å²) in [6, 6.07) is 61.5. The van der Waals surface area contributed by atoms with Gasteiger partial charge in [0.25, 0.3) is 0 Å². The van der Waals surface area contributed by atoms with Crippen LogP contribution in [0.2, 0.25) is 13.1 Å². The number of para-hydroxylation sites is 2. The van der Waals surface area contributed by atoms with Crippen LogP contribution < -0.4 is 15.3 Å². The van der Waals surface area contributed by atoms with Gasteiger partial charge in [0.15, 0.2) is 0 Å². The van der Waals surface area contributed by atoms with E-state index >= 15 is 0 Å².